The van der Waals surface area contributed by atoms with Gasteiger partial charge in [0.2, 0.25) is 5.91 Å². The SMILES string of the molecule is O=C(Nc1cncc(-c2ccc3[nH]nc(-c4cc5c(-c6ccoc6)cccc5[nH]4)c3c2)c1)C1CC1. The second kappa shape index (κ2) is 7.70. The minimum atomic E-state index is 0.0742. The highest BCUT2D eigenvalue weighted by molar-refractivity contribution is 6.02. The Morgan fingerprint density at radius 3 is 2.74 bits per heavy atom. The summed E-state index contributed by atoms with van der Waals surface area (Å²) in [6, 6.07) is 18.4. The Kier molecular flexibility index (Phi) is 4.35. The molecule has 0 spiro atoms. The lowest BCUT2D eigenvalue weighted by atomic mass is 10.0. The lowest BCUT2D eigenvalue weighted by Crippen LogP contribution is -2.13. The molecule has 0 saturated heterocycles. The number of pyridine rings is 1. The van der Waals surface area contributed by atoms with Crippen LogP contribution in [-0.2, 0) is 4.79 Å². The zero-order chi connectivity index (χ0) is 23.4. The van der Waals surface area contributed by atoms with Gasteiger partial charge in [0.1, 0.15) is 5.69 Å². The summed E-state index contributed by atoms with van der Waals surface area (Å²) in [4.78, 5) is 20.1. The third-order valence-corrected chi connectivity index (χ3v) is 6.60. The molecule has 4 heterocycles. The fourth-order valence-electron chi connectivity index (χ4n) is 4.61. The summed E-state index contributed by atoms with van der Waals surface area (Å²) in [6.45, 7) is 0. The van der Waals surface area contributed by atoms with Crippen molar-refractivity contribution in [1.29, 1.82) is 0 Å². The number of fused-ring (bicyclic) bond motifs is 2. The average Bonchev–Trinajstić information content (AvgIpc) is 3.26. The molecule has 0 radical (unpaired) electrons. The summed E-state index contributed by atoms with van der Waals surface area (Å²) >= 11 is 0. The van der Waals surface area contributed by atoms with Crippen LogP contribution in [0.3, 0.4) is 0 Å². The monoisotopic (exact) mass is 459 g/mol. The topological polar surface area (TPSA) is 99.6 Å². The van der Waals surface area contributed by atoms with Gasteiger partial charge in [-0.3, -0.25) is 14.9 Å². The number of rotatable bonds is 5. The molecule has 1 aliphatic carbocycles. The largest absolute Gasteiger partial charge is 0.472 e. The van der Waals surface area contributed by atoms with Gasteiger partial charge in [0.15, 0.2) is 0 Å². The Morgan fingerprint density at radius 1 is 0.943 bits per heavy atom. The Morgan fingerprint density at radius 2 is 1.89 bits per heavy atom. The van der Waals surface area contributed by atoms with Gasteiger partial charge in [0.25, 0.3) is 0 Å². The number of H-pyrrole nitrogens is 2. The number of aromatic nitrogens is 4. The van der Waals surface area contributed by atoms with Gasteiger partial charge in [-0.15, -0.1) is 0 Å². The molecule has 1 fully saturated rings. The maximum Gasteiger partial charge on any atom is 0.227 e. The van der Waals surface area contributed by atoms with E-state index in [1.165, 1.54) is 0 Å². The van der Waals surface area contributed by atoms with Crippen LogP contribution < -0.4 is 5.32 Å². The van der Waals surface area contributed by atoms with Crippen LogP contribution >= 0.6 is 0 Å². The van der Waals surface area contributed by atoms with E-state index in [0.29, 0.717) is 5.69 Å². The highest BCUT2D eigenvalue weighted by atomic mass is 16.3. The molecular weight excluding hydrogens is 438 g/mol. The average molecular weight is 460 g/mol. The molecule has 7 rings (SSSR count). The number of carbonyl (C=O) groups is 1. The van der Waals surface area contributed by atoms with Gasteiger partial charge in [-0.1, -0.05) is 18.2 Å². The van der Waals surface area contributed by atoms with Crippen molar-refractivity contribution in [2.45, 2.75) is 12.8 Å². The third-order valence-electron chi connectivity index (χ3n) is 6.60. The molecule has 35 heavy (non-hydrogen) atoms. The maximum atomic E-state index is 12.2. The summed E-state index contributed by atoms with van der Waals surface area (Å²) in [5, 5.41) is 12.9. The summed E-state index contributed by atoms with van der Waals surface area (Å²) in [7, 11) is 0. The summed E-state index contributed by atoms with van der Waals surface area (Å²) < 4.78 is 5.30. The van der Waals surface area contributed by atoms with Crippen LogP contribution in [-0.4, -0.2) is 26.1 Å². The van der Waals surface area contributed by atoms with Gasteiger partial charge in [-0.2, -0.15) is 5.10 Å². The number of carbonyl (C=O) groups excluding carboxylic acids is 1. The second-order valence-corrected chi connectivity index (χ2v) is 9.02. The Bertz CT molecular complexity index is 1710. The second-order valence-electron chi connectivity index (χ2n) is 9.02. The molecule has 3 N–H and O–H groups in total. The van der Waals surface area contributed by atoms with E-state index in [0.717, 1.165) is 68.3 Å². The molecule has 170 valence electrons. The Labute approximate surface area is 200 Å². The molecule has 7 nitrogen and oxygen atoms in total. The number of furan rings is 1. The number of nitrogens with one attached hydrogen (secondary N) is 3. The molecular formula is C28H21N5O2. The standard InChI is InChI=1S/C28H21N5O2/c34-28(16-4-5-16)30-20-10-19(13-29-14-20)17-6-7-25-23(11-17)27(33-32-25)26-12-22-21(18-8-9-35-15-18)2-1-3-24(22)31-26/h1-3,6-16,31H,4-5H2,(H,30,34)(H,32,33). The normalized spacial score (nSPS) is 13.5. The van der Waals surface area contributed by atoms with Crippen LogP contribution in [0, 0.1) is 5.92 Å². The fraction of sp³-hybridized carbons (Fsp3) is 0.107. The molecule has 2 aromatic carbocycles. The highest BCUT2D eigenvalue weighted by Gasteiger charge is 2.29. The van der Waals surface area contributed by atoms with E-state index in [1.807, 2.05) is 36.5 Å². The maximum absolute atomic E-state index is 12.2. The van der Waals surface area contributed by atoms with E-state index < -0.39 is 0 Å². The van der Waals surface area contributed by atoms with Crippen molar-refractivity contribution in [2.75, 3.05) is 5.32 Å². The van der Waals surface area contributed by atoms with Crippen molar-refractivity contribution >= 4 is 33.4 Å². The van der Waals surface area contributed by atoms with Gasteiger partial charge in [0.05, 0.1) is 35.6 Å². The zero-order valence-electron chi connectivity index (χ0n) is 18.7. The first-order valence-corrected chi connectivity index (χ1v) is 11.6. The number of anilines is 1. The zero-order valence-corrected chi connectivity index (χ0v) is 18.7. The van der Waals surface area contributed by atoms with E-state index in [9.17, 15) is 4.79 Å². The van der Waals surface area contributed by atoms with Gasteiger partial charge >= 0.3 is 0 Å². The minimum absolute atomic E-state index is 0.0742. The lowest BCUT2D eigenvalue weighted by molar-refractivity contribution is -0.117. The van der Waals surface area contributed by atoms with Crippen LogP contribution in [0.25, 0.3) is 55.4 Å². The van der Waals surface area contributed by atoms with Gasteiger partial charge in [0, 0.05) is 39.5 Å². The summed E-state index contributed by atoms with van der Waals surface area (Å²) in [5.74, 6) is 0.221. The fourth-order valence-corrected chi connectivity index (χ4v) is 4.61. The van der Waals surface area contributed by atoms with E-state index in [2.05, 4.69) is 49.7 Å². The molecule has 1 aliphatic rings. The summed E-state index contributed by atoms with van der Waals surface area (Å²) in [5.41, 5.74) is 8.57. The first-order chi connectivity index (χ1) is 17.2. The minimum Gasteiger partial charge on any atom is -0.472 e. The van der Waals surface area contributed by atoms with Crippen LogP contribution in [0.2, 0.25) is 0 Å². The predicted molar refractivity (Wildman–Crippen MR) is 136 cm³/mol. The number of hydrogen-bond donors (Lipinski definition) is 3. The van der Waals surface area contributed by atoms with Crippen molar-refractivity contribution in [2.24, 2.45) is 5.92 Å². The van der Waals surface area contributed by atoms with Crippen LogP contribution in [0.15, 0.2) is 83.9 Å². The number of benzene rings is 2. The van der Waals surface area contributed by atoms with Crippen molar-refractivity contribution < 1.29 is 9.21 Å². The van der Waals surface area contributed by atoms with Gasteiger partial charge < -0.3 is 14.7 Å². The molecule has 1 amide bonds. The number of nitrogens with zero attached hydrogens (tertiary/aromatic N) is 2. The molecule has 6 aromatic rings. The van der Waals surface area contributed by atoms with Crippen LogP contribution in [0.1, 0.15) is 12.8 Å². The van der Waals surface area contributed by atoms with Crippen molar-refractivity contribution in [3.05, 3.63) is 79.5 Å². The number of hydrogen-bond acceptors (Lipinski definition) is 4. The summed E-state index contributed by atoms with van der Waals surface area (Å²) in [6.07, 6.45) is 8.88. The first kappa shape index (κ1) is 19.8. The first-order valence-electron chi connectivity index (χ1n) is 11.6. The van der Waals surface area contributed by atoms with Crippen molar-refractivity contribution in [3.63, 3.8) is 0 Å². The third kappa shape index (κ3) is 3.49. The van der Waals surface area contributed by atoms with Crippen LogP contribution in [0.5, 0.6) is 0 Å². The molecule has 4 aromatic heterocycles. The molecule has 0 bridgehead atoms. The van der Waals surface area contributed by atoms with E-state index in [4.69, 9.17) is 4.42 Å². The van der Waals surface area contributed by atoms with E-state index >= 15 is 0 Å². The molecule has 0 atom stereocenters. The highest BCUT2D eigenvalue weighted by Crippen LogP contribution is 2.36. The predicted octanol–water partition coefficient (Wildman–Crippen LogP) is 6.38. The Hall–Kier alpha value is -4.65. The molecule has 0 unspecified atom stereocenters. The molecule has 7 heteroatoms. The number of aromatic amines is 2. The molecule has 1 saturated carbocycles. The smallest absolute Gasteiger partial charge is 0.227 e. The van der Waals surface area contributed by atoms with Crippen LogP contribution in [0.4, 0.5) is 5.69 Å². The van der Waals surface area contributed by atoms with E-state index in [1.54, 1.807) is 18.7 Å². The quantitative estimate of drug-likeness (QED) is 0.278. The van der Waals surface area contributed by atoms with E-state index in [-0.39, 0.29) is 11.8 Å². The van der Waals surface area contributed by atoms with Crippen molar-refractivity contribution in [1.82, 2.24) is 20.2 Å². The Balaban J connectivity index is 1.29. The lowest BCUT2D eigenvalue weighted by Gasteiger charge is -2.07. The van der Waals surface area contributed by atoms with Gasteiger partial charge in [-0.05, 0) is 60.4 Å². The molecule has 0 aliphatic heterocycles. The number of amides is 1. The van der Waals surface area contributed by atoms with Crippen molar-refractivity contribution in [3.8, 4) is 33.6 Å². The van der Waals surface area contributed by atoms with Gasteiger partial charge in [-0.25, -0.2) is 0 Å².